The minimum absolute atomic E-state index is 0.463. The van der Waals surface area contributed by atoms with Crippen LogP contribution in [0.1, 0.15) is 59.8 Å². The van der Waals surface area contributed by atoms with Crippen molar-refractivity contribution < 1.29 is 19.4 Å². The maximum Gasteiger partial charge on any atom is 0.411 e. The van der Waals surface area contributed by atoms with Crippen LogP contribution in [0.4, 0.5) is 4.79 Å². The maximum atomic E-state index is 12.2. The smallest absolute Gasteiger partial charge is 0.411 e. The minimum atomic E-state index is -1.07. The average Bonchev–Trinajstić information content (AvgIpc) is 2.69. The van der Waals surface area contributed by atoms with Crippen molar-refractivity contribution >= 4 is 12.1 Å². The van der Waals surface area contributed by atoms with E-state index in [0.717, 1.165) is 19.3 Å². The number of amides is 1. The van der Waals surface area contributed by atoms with Crippen LogP contribution in [0.5, 0.6) is 0 Å². The molecule has 0 aromatic rings. The van der Waals surface area contributed by atoms with E-state index in [4.69, 9.17) is 4.74 Å². The molecule has 5 heteroatoms. The Morgan fingerprint density at radius 2 is 2.00 bits per heavy atom. The second-order valence-corrected chi connectivity index (χ2v) is 6.18. The van der Waals surface area contributed by atoms with Gasteiger partial charge < -0.3 is 9.84 Å². The predicted octanol–water partition coefficient (Wildman–Crippen LogP) is 3.03. The highest BCUT2D eigenvalue weighted by molar-refractivity contribution is 5.85. The average molecular weight is 271 g/mol. The Hall–Kier alpha value is -1.26. The first-order valence-electron chi connectivity index (χ1n) is 6.97. The highest BCUT2D eigenvalue weighted by atomic mass is 16.6. The van der Waals surface area contributed by atoms with Crippen molar-refractivity contribution in [3.05, 3.63) is 0 Å². The fourth-order valence-electron chi connectivity index (χ4n) is 2.52. The Balaban J connectivity index is 2.90. The Bertz CT molecular complexity index is 348. The Morgan fingerprint density at radius 1 is 1.37 bits per heavy atom. The highest BCUT2D eigenvalue weighted by Gasteiger charge is 2.50. The summed E-state index contributed by atoms with van der Waals surface area (Å²) in [6.45, 7) is 7.84. The number of carboxylic acid groups (broad SMARTS) is 1. The summed E-state index contributed by atoms with van der Waals surface area (Å²) in [6, 6.07) is 0. The number of carbonyl (C=O) groups is 2. The summed E-state index contributed by atoms with van der Waals surface area (Å²) < 4.78 is 5.33. The van der Waals surface area contributed by atoms with Gasteiger partial charge >= 0.3 is 12.1 Å². The van der Waals surface area contributed by atoms with Gasteiger partial charge in [0.05, 0.1) is 0 Å². The Morgan fingerprint density at radius 3 is 2.47 bits per heavy atom. The van der Waals surface area contributed by atoms with Crippen molar-refractivity contribution in [2.24, 2.45) is 0 Å². The van der Waals surface area contributed by atoms with Gasteiger partial charge in [0.15, 0.2) is 0 Å². The molecule has 0 saturated carbocycles. The van der Waals surface area contributed by atoms with E-state index in [0.29, 0.717) is 19.4 Å². The lowest BCUT2D eigenvalue weighted by Crippen LogP contribution is -2.54. The number of ether oxygens (including phenoxy) is 1. The molecule has 1 heterocycles. The van der Waals surface area contributed by atoms with E-state index in [1.807, 2.05) is 6.92 Å². The first-order chi connectivity index (χ1) is 8.73. The summed E-state index contributed by atoms with van der Waals surface area (Å²) in [7, 11) is 0. The molecule has 0 aromatic carbocycles. The molecule has 1 saturated heterocycles. The molecular weight excluding hydrogens is 246 g/mol. The van der Waals surface area contributed by atoms with E-state index in [1.165, 1.54) is 4.90 Å². The molecule has 1 fully saturated rings. The second-order valence-electron chi connectivity index (χ2n) is 6.18. The lowest BCUT2D eigenvalue weighted by atomic mass is 9.90. The lowest BCUT2D eigenvalue weighted by Gasteiger charge is -2.35. The largest absolute Gasteiger partial charge is 0.479 e. The van der Waals surface area contributed by atoms with Crippen LogP contribution in [0, 0.1) is 0 Å². The molecule has 1 aliphatic heterocycles. The first kappa shape index (κ1) is 15.8. The van der Waals surface area contributed by atoms with Gasteiger partial charge in [0.2, 0.25) is 0 Å². The SMILES string of the molecule is CCCC[C@@]1(C(=O)O)CCCN1C(=O)OC(C)(C)C. The summed E-state index contributed by atoms with van der Waals surface area (Å²) in [5.74, 6) is -0.913. The predicted molar refractivity (Wildman–Crippen MR) is 72.1 cm³/mol. The van der Waals surface area contributed by atoms with Crippen LogP contribution < -0.4 is 0 Å². The van der Waals surface area contributed by atoms with Gasteiger partial charge in [-0.2, -0.15) is 0 Å². The molecule has 0 aromatic heterocycles. The van der Waals surface area contributed by atoms with Crippen molar-refractivity contribution in [1.29, 1.82) is 0 Å². The third kappa shape index (κ3) is 3.61. The van der Waals surface area contributed by atoms with Crippen LogP contribution in [0.15, 0.2) is 0 Å². The summed E-state index contributed by atoms with van der Waals surface area (Å²) in [6.07, 6.45) is 2.93. The summed E-state index contributed by atoms with van der Waals surface area (Å²) in [5, 5.41) is 9.56. The molecule has 1 amide bonds. The van der Waals surface area contributed by atoms with E-state index in [-0.39, 0.29) is 0 Å². The van der Waals surface area contributed by atoms with E-state index >= 15 is 0 Å². The van der Waals surface area contributed by atoms with Crippen molar-refractivity contribution in [1.82, 2.24) is 4.90 Å². The number of rotatable bonds is 4. The zero-order valence-corrected chi connectivity index (χ0v) is 12.4. The molecule has 19 heavy (non-hydrogen) atoms. The number of nitrogens with zero attached hydrogens (tertiary/aromatic N) is 1. The van der Waals surface area contributed by atoms with Gasteiger partial charge in [0.1, 0.15) is 11.1 Å². The molecule has 0 bridgehead atoms. The van der Waals surface area contributed by atoms with Crippen molar-refractivity contribution in [3.63, 3.8) is 0 Å². The maximum absolute atomic E-state index is 12.2. The van der Waals surface area contributed by atoms with E-state index in [9.17, 15) is 14.7 Å². The molecule has 0 unspecified atom stereocenters. The number of carbonyl (C=O) groups excluding carboxylic acids is 1. The van der Waals surface area contributed by atoms with Crippen molar-refractivity contribution in [3.8, 4) is 0 Å². The van der Waals surface area contributed by atoms with Gasteiger partial charge in [-0.25, -0.2) is 9.59 Å². The first-order valence-corrected chi connectivity index (χ1v) is 6.97. The molecule has 1 rings (SSSR count). The molecule has 0 spiro atoms. The molecule has 1 N–H and O–H groups in total. The minimum Gasteiger partial charge on any atom is -0.479 e. The van der Waals surface area contributed by atoms with E-state index in [1.54, 1.807) is 20.8 Å². The van der Waals surface area contributed by atoms with Crippen LogP contribution in [0.2, 0.25) is 0 Å². The van der Waals surface area contributed by atoms with Crippen molar-refractivity contribution in [2.45, 2.75) is 70.9 Å². The van der Waals surface area contributed by atoms with Gasteiger partial charge in [0, 0.05) is 6.54 Å². The molecule has 5 nitrogen and oxygen atoms in total. The molecule has 1 aliphatic rings. The molecular formula is C14H25NO4. The lowest BCUT2D eigenvalue weighted by molar-refractivity contribution is -0.150. The third-order valence-corrected chi connectivity index (χ3v) is 3.44. The highest BCUT2D eigenvalue weighted by Crippen LogP contribution is 2.35. The number of unbranched alkanes of at least 4 members (excludes halogenated alkanes) is 1. The molecule has 1 atom stereocenters. The monoisotopic (exact) mass is 271 g/mol. The van der Waals surface area contributed by atoms with Crippen LogP contribution in [0.3, 0.4) is 0 Å². The van der Waals surface area contributed by atoms with Gasteiger partial charge in [-0.05, 0) is 40.0 Å². The zero-order chi connectivity index (χ0) is 14.7. The van der Waals surface area contributed by atoms with Crippen LogP contribution in [-0.4, -0.2) is 39.8 Å². The molecule has 0 radical (unpaired) electrons. The number of hydrogen-bond acceptors (Lipinski definition) is 3. The second kappa shape index (κ2) is 5.80. The topological polar surface area (TPSA) is 66.8 Å². The van der Waals surface area contributed by atoms with Crippen molar-refractivity contribution in [2.75, 3.05) is 6.54 Å². The zero-order valence-electron chi connectivity index (χ0n) is 12.4. The van der Waals surface area contributed by atoms with Crippen LogP contribution in [0.25, 0.3) is 0 Å². The van der Waals surface area contributed by atoms with Gasteiger partial charge in [-0.1, -0.05) is 19.8 Å². The normalized spacial score (nSPS) is 23.5. The number of aliphatic carboxylic acids is 1. The van der Waals surface area contributed by atoms with E-state index < -0.39 is 23.2 Å². The Labute approximate surface area is 114 Å². The quantitative estimate of drug-likeness (QED) is 0.853. The standard InChI is InChI=1S/C14H25NO4/c1-5-6-8-14(11(16)17)9-7-10-15(14)12(18)19-13(2,3)4/h5-10H2,1-4H3,(H,16,17)/t14-/m0/s1. The number of carboxylic acids is 1. The summed E-state index contributed by atoms with van der Waals surface area (Å²) in [4.78, 5) is 25.3. The molecule has 0 aliphatic carbocycles. The molecule has 110 valence electrons. The van der Waals surface area contributed by atoms with Crippen LogP contribution in [-0.2, 0) is 9.53 Å². The third-order valence-electron chi connectivity index (χ3n) is 3.44. The Kier molecular flexibility index (Phi) is 4.82. The van der Waals surface area contributed by atoms with Gasteiger partial charge in [-0.15, -0.1) is 0 Å². The fourth-order valence-corrected chi connectivity index (χ4v) is 2.52. The van der Waals surface area contributed by atoms with Gasteiger partial charge in [0.25, 0.3) is 0 Å². The summed E-state index contributed by atoms with van der Waals surface area (Å²) in [5.41, 5.74) is -1.67. The van der Waals surface area contributed by atoms with Gasteiger partial charge in [-0.3, -0.25) is 4.90 Å². The number of likely N-dealkylation sites (tertiary alicyclic amines) is 1. The van der Waals surface area contributed by atoms with E-state index in [2.05, 4.69) is 0 Å². The fraction of sp³-hybridized carbons (Fsp3) is 0.857. The number of hydrogen-bond donors (Lipinski definition) is 1. The summed E-state index contributed by atoms with van der Waals surface area (Å²) >= 11 is 0. The van der Waals surface area contributed by atoms with Crippen LogP contribution >= 0.6 is 0 Å².